The maximum Gasteiger partial charge on any atom is 0.502 e. The topological polar surface area (TPSA) is 67.2 Å². The maximum atomic E-state index is 12.3. The zero-order chi connectivity index (χ0) is 14.7. The lowest BCUT2D eigenvalue weighted by Crippen LogP contribution is -2.24. The lowest BCUT2D eigenvalue weighted by atomic mass is 10.2. The molecule has 0 spiro atoms. The molecule has 4 nitrogen and oxygen atoms in total. The summed E-state index contributed by atoms with van der Waals surface area (Å²) in [6, 6.07) is 6.58. The van der Waals surface area contributed by atoms with Crippen LogP contribution in [0.4, 0.5) is 13.2 Å². The zero-order valence-electron chi connectivity index (χ0n) is 9.60. The Morgan fingerprint density at radius 1 is 1.32 bits per heavy atom. The van der Waals surface area contributed by atoms with Crippen molar-refractivity contribution in [3.05, 3.63) is 34.7 Å². The van der Waals surface area contributed by atoms with Gasteiger partial charge in [0.15, 0.2) is 4.91 Å². The quantitative estimate of drug-likeness (QED) is 0.802. The van der Waals surface area contributed by atoms with Crippen molar-refractivity contribution >= 4 is 15.9 Å². The number of benzene rings is 1. The summed E-state index contributed by atoms with van der Waals surface area (Å²) >= 11 is 0. The molecule has 1 aromatic carbocycles. The van der Waals surface area contributed by atoms with Crippen molar-refractivity contribution in [1.29, 1.82) is 5.26 Å². The van der Waals surface area contributed by atoms with Crippen LogP contribution < -0.4 is 4.74 Å². The lowest BCUT2D eigenvalue weighted by molar-refractivity contribution is -0.0425. The van der Waals surface area contributed by atoms with Gasteiger partial charge in [-0.1, -0.05) is 12.1 Å². The van der Waals surface area contributed by atoms with E-state index in [4.69, 9.17) is 10.00 Å². The number of ether oxygens (including phenoxy) is 1. The molecular weight excluding hydrogens is 283 g/mol. The van der Waals surface area contributed by atoms with E-state index in [2.05, 4.69) is 0 Å². The van der Waals surface area contributed by atoms with Gasteiger partial charge in [0, 0.05) is 0 Å². The van der Waals surface area contributed by atoms with Crippen LogP contribution in [0.25, 0.3) is 6.08 Å². The second kappa shape index (κ2) is 5.32. The average molecular weight is 291 g/mol. The fourth-order valence-electron chi connectivity index (χ4n) is 1.15. The molecule has 0 atom stereocenters. The summed E-state index contributed by atoms with van der Waals surface area (Å²) in [6.07, 6.45) is 0.655. The van der Waals surface area contributed by atoms with Gasteiger partial charge in [-0.2, -0.15) is 18.4 Å². The zero-order valence-corrected chi connectivity index (χ0v) is 10.4. The number of nitriles is 1. The monoisotopic (exact) mass is 291 g/mol. The number of sulfone groups is 1. The molecule has 0 aliphatic heterocycles. The Kier molecular flexibility index (Phi) is 4.21. The summed E-state index contributed by atoms with van der Waals surface area (Å²) < 4.78 is 63.9. The maximum absolute atomic E-state index is 12.3. The van der Waals surface area contributed by atoms with Crippen LogP contribution in [0.1, 0.15) is 5.56 Å². The first kappa shape index (κ1) is 15.0. The minimum Gasteiger partial charge on any atom is -0.497 e. The standard InChI is InChI=1S/C11H8F3NO3S/c1-18-9-4-2-8(3-5-9)6-10(7-15)19(16,17)11(12,13)14/h2-6H,1H3/b10-6+. The number of rotatable bonds is 3. The molecule has 8 heteroatoms. The van der Waals surface area contributed by atoms with Crippen LogP contribution in [-0.4, -0.2) is 21.0 Å². The Hall–Kier alpha value is -2.01. The number of hydrogen-bond donors (Lipinski definition) is 0. The molecule has 0 N–H and O–H groups in total. The van der Waals surface area contributed by atoms with E-state index in [0.717, 1.165) is 6.07 Å². The molecule has 0 amide bonds. The van der Waals surface area contributed by atoms with E-state index in [1.54, 1.807) is 0 Å². The molecule has 0 radical (unpaired) electrons. The molecule has 102 valence electrons. The number of hydrogen-bond acceptors (Lipinski definition) is 4. The van der Waals surface area contributed by atoms with Gasteiger partial charge in [0.25, 0.3) is 9.84 Å². The summed E-state index contributed by atoms with van der Waals surface area (Å²) in [7, 11) is -4.23. The van der Waals surface area contributed by atoms with E-state index >= 15 is 0 Å². The van der Waals surface area contributed by atoms with Crippen LogP contribution in [0.15, 0.2) is 29.2 Å². The molecular formula is C11H8F3NO3S. The summed E-state index contributed by atoms with van der Waals surface area (Å²) in [5.74, 6) is 0.453. The highest BCUT2D eigenvalue weighted by atomic mass is 32.2. The predicted molar refractivity (Wildman–Crippen MR) is 61.6 cm³/mol. The van der Waals surface area contributed by atoms with Gasteiger partial charge in [-0.25, -0.2) is 8.42 Å². The fraction of sp³-hybridized carbons (Fsp3) is 0.182. The third-order valence-corrected chi connectivity index (χ3v) is 3.52. The van der Waals surface area contributed by atoms with Gasteiger partial charge in [-0.15, -0.1) is 0 Å². The van der Waals surface area contributed by atoms with Crippen LogP contribution in [0.3, 0.4) is 0 Å². The Labute approximate surface area is 107 Å². The second-order valence-electron chi connectivity index (χ2n) is 3.34. The molecule has 0 unspecified atom stereocenters. The smallest absolute Gasteiger partial charge is 0.497 e. The first-order valence-electron chi connectivity index (χ1n) is 4.79. The summed E-state index contributed by atoms with van der Waals surface area (Å²) in [5, 5.41) is 8.56. The number of halogens is 3. The molecule has 0 saturated carbocycles. The minimum absolute atomic E-state index is 0.144. The van der Waals surface area contributed by atoms with E-state index in [1.165, 1.54) is 31.4 Å². The largest absolute Gasteiger partial charge is 0.502 e. The Bertz CT molecular complexity index is 625. The van der Waals surface area contributed by atoms with Crippen LogP contribution in [0.2, 0.25) is 0 Å². The van der Waals surface area contributed by atoms with Gasteiger partial charge >= 0.3 is 5.51 Å². The summed E-state index contributed by atoms with van der Waals surface area (Å²) in [6.45, 7) is 0. The molecule has 0 heterocycles. The molecule has 0 saturated heterocycles. The first-order valence-corrected chi connectivity index (χ1v) is 6.28. The predicted octanol–water partition coefficient (Wildman–Crippen LogP) is 2.49. The highest BCUT2D eigenvalue weighted by Crippen LogP contribution is 2.30. The van der Waals surface area contributed by atoms with E-state index in [1.807, 2.05) is 0 Å². The van der Waals surface area contributed by atoms with Crippen LogP contribution in [0.5, 0.6) is 5.75 Å². The van der Waals surface area contributed by atoms with Crippen molar-refractivity contribution < 1.29 is 26.3 Å². The van der Waals surface area contributed by atoms with Crippen LogP contribution in [0, 0.1) is 11.3 Å². The lowest BCUT2D eigenvalue weighted by Gasteiger charge is -2.06. The van der Waals surface area contributed by atoms with E-state index < -0.39 is 20.3 Å². The third kappa shape index (κ3) is 3.26. The van der Waals surface area contributed by atoms with E-state index in [-0.39, 0.29) is 5.56 Å². The Balaban J connectivity index is 3.24. The van der Waals surface area contributed by atoms with Crippen molar-refractivity contribution in [2.45, 2.75) is 5.51 Å². The third-order valence-electron chi connectivity index (χ3n) is 2.12. The summed E-state index contributed by atoms with van der Waals surface area (Å²) in [4.78, 5) is -1.36. The molecule has 1 rings (SSSR count). The molecule has 0 bridgehead atoms. The average Bonchev–Trinajstić information content (AvgIpc) is 2.35. The number of allylic oxidation sites excluding steroid dienone is 1. The summed E-state index contributed by atoms with van der Waals surface area (Å²) in [5.41, 5.74) is -5.36. The van der Waals surface area contributed by atoms with E-state index in [9.17, 15) is 21.6 Å². The van der Waals surface area contributed by atoms with E-state index in [0.29, 0.717) is 11.8 Å². The van der Waals surface area contributed by atoms with Gasteiger partial charge in [-0.05, 0) is 23.8 Å². The van der Waals surface area contributed by atoms with Crippen molar-refractivity contribution in [2.24, 2.45) is 0 Å². The van der Waals surface area contributed by atoms with Gasteiger partial charge in [0.1, 0.15) is 11.8 Å². The van der Waals surface area contributed by atoms with Crippen LogP contribution >= 0.6 is 0 Å². The molecule has 1 aromatic rings. The molecule has 0 aromatic heterocycles. The molecule has 0 aliphatic carbocycles. The SMILES string of the molecule is COc1ccc(/C=C(\C#N)S(=O)(=O)C(F)(F)F)cc1. The molecule has 0 fully saturated rings. The van der Waals surface area contributed by atoms with Crippen molar-refractivity contribution in [3.63, 3.8) is 0 Å². The Morgan fingerprint density at radius 3 is 2.21 bits per heavy atom. The first-order chi connectivity index (χ1) is 8.72. The normalized spacial score (nSPS) is 12.9. The highest BCUT2D eigenvalue weighted by Gasteiger charge is 2.48. The minimum atomic E-state index is -5.63. The second-order valence-corrected chi connectivity index (χ2v) is 5.25. The number of nitrogens with zero attached hydrogens (tertiary/aromatic N) is 1. The Morgan fingerprint density at radius 2 is 1.84 bits per heavy atom. The number of methoxy groups -OCH3 is 1. The highest BCUT2D eigenvalue weighted by molar-refractivity contribution is 7.96. The van der Waals surface area contributed by atoms with Gasteiger partial charge in [0.2, 0.25) is 0 Å². The number of alkyl halides is 3. The van der Waals surface area contributed by atoms with Gasteiger partial charge in [0.05, 0.1) is 7.11 Å². The van der Waals surface area contributed by atoms with Crippen molar-refractivity contribution in [3.8, 4) is 11.8 Å². The van der Waals surface area contributed by atoms with Gasteiger partial charge < -0.3 is 4.74 Å². The molecule has 0 aliphatic rings. The fourth-order valence-corrected chi connectivity index (χ4v) is 1.81. The van der Waals surface area contributed by atoms with Crippen molar-refractivity contribution in [1.82, 2.24) is 0 Å². The molecule has 19 heavy (non-hydrogen) atoms. The van der Waals surface area contributed by atoms with Crippen molar-refractivity contribution in [2.75, 3.05) is 7.11 Å². The van der Waals surface area contributed by atoms with Crippen LogP contribution in [-0.2, 0) is 9.84 Å². The van der Waals surface area contributed by atoms with Gasteiger partial charge in [-0.3, -0.25) is 0 Å².